The molecule has 1 aromatic rings. The number of nitrogens with two attached hydrogens (primary N) is 1. The van der Waals surface area contributed by atoms with Crippen LogP contribution in [0.5, 0.6) is 0 Å². The predicted octanol–water partition coefficient (Wildman–Crippen LogP) is 0.612. The predicted molar refractivity (Wildman–Crippen MR) is 73.0 cm³/mol. The summed E-state index contributed by atoms with van der Waals surface area (Å²) < 4.78 is 11.0. The first-order valence-corrected chi connectivity index (χ1v) is 7.50. The first-order chi connectivity index (χ1) is 8.32. The van der Waals surface area contributed by atoms with Crippen LogP contribution in [-0.2, 0) is 10.8 Å². The summed E-state index contributed by atoms with van der Waals surface area (Å²) in [7, 11) is -0.950. The topological polar surface area (TPSA) is 101 Å². The Morgan fingerprint density at radius 1 is 1.50 bits per heavy atom. The Hall–Kier alpha value is -1.37. The maximum atomic E-state index is 11.9. The van der Waals surface area contributed by atoms with Crippen molar-refractivity contribution < 1.29 is 9.00 Å². The monoisotopic (exact) mass is 272 g/mol. The molecule has 2 unspecified atom stereocenters. The van der Waals surface area contributed by atoms with Gasteiger partial charge in [-0.05, 0) is 12.8 Å². The summed E-state index contributed by atoms with van der Waals surface area (Å²) >= 11 is 0. The molecule has 0 saturated carbocycles. The Morgan fingerprint density at radius 3 is 2.56 bits per heavy atom. The summed E-state index contributed by atoms with van der Waals surface area (Å²) in [5, 5.41) is 9.43. The highest BCUT2D eigenvalue weighted by Crippen LogP contribution is 2.21. The number of H-pyrrole nitrogens is 1. The smallest absolute Gasteiger partial charge is 0.274 e. The number of anilines is 1. The molecule has 102 valence electrons. The molecule has 1 amide bonds. The van der Waals surface area contributed by atoms with Crippen LogP contribution in [0.1, 0.15) is 42.9 Å². The number of carbonyl (C=O) groups is 1. The van der Waals surface area contributed by atoms with Crippen molar-refractivity contribution in [2.75, 3.05) is 17.7 Å². The second kappa shape index (κ2) is 5.99. The minimum atomic E-state index is -0.950. The lowest BCUT2D eigenvalue weighted by Gasteiger charge is -2.11. The van der Waals surface area contributed by atoms with E-state index >= 15 is 0 Å². The Labute approximate surface area is 109 Å². The molecule has 4 N–H and O–H groups in total. The van der Waals surface area contributed by atoms with E-state index in [-0.39, 0.29) is 23.6 Å². The summed E-state index contributed by atoms with van der Waals surface area (Å²) in [6, 6.07) is -0.179. The first-order valence-electron chi connectivity index (χ1n) is 5.77. The van der Waals surface area contributed by atoms with Crippen LogP contribution in [0.3, 0.4) is 0 Å². The second-order valence-corrected chi connectivity index (χ2v) is 6.15. The van der Waals surface area contributed by atoms with Crippen molar-refractivity contribution in [1.82, 2.24) is 15.5 Å². The van der Waals surface area contributed by atoms with Gasteiger partial charge in [0.2, 0.25) is 0 Å². The molecule has 0 aliphatic heterocycles. The zero-order valence-electron chi connectivity index (χ0n) is 11.1. The molecule has 7 heteroatoms. The molecule has 0 aliphatic carbocycles. The maximum Gasteiger partial charge on any atom is 0.274 e. The molecule has 1 heterocycles. The van der Waals surface area contributed by atoms with Gasteiger partial charge in [0, 0.05) is 28.9 Å². The molecule has 18 heavy (non-hydrogen) atoms. The fourth-order valence-electron chi connectivity index (χ4n) is 1.66. The minimum absolute atomic E-state index is 0.179. The van der Waals surface area contributed by atoms with Gasteiger partial charge in [0.1, 0.15) is 0 Å². The van der Waals surface area contributed by atoms with E-state index in [9.17, 15) is 9.00 Å². The zero-order chi connectivity index (χ0) is 13.9. The number of carbonyl (C=O) groups excluding carboxylic acids is 1. The number of hydrogen-bond donors (Lipinski definition) is 3. The first kappa shape index (κ1) is 14.7. The van der Waals surface area contributed by atoms with Crippen LogP contribution in [0.4, 0.5) is 5.69 Å². The summed E-state index contributed by atoms with van der Waals surface area (Å²) in [6.45, 7) is 5.73. The van der Waals surface area contributed by atoms with E-state index in [1.807, 2.05) is 13.8 Å². The van der Waals surface area contributed by atoms with Gasteiger partial charge in [-0.2, -0.15) is 5.10 Å². The van der Waals surface area contributed by atoms with Crippen LogP contribution in [0, 0.1) is 0 Å². The van der Waals surface area contributed by atoms with Gasteiger partial charge in [-0.3, -0.25) is 14.1 Å². The van der Waals surface area contributed by atoms with E-state index < -0.39 is 10.8 Å². The van der Waals surface area contributed by atoms with E-state index in [2.05, 4.69) is 15.5 Å². The lowest BCUT2D eigenvalue weighted by molar-refractivity contribution is 0.0939. The van der Waals surface area contributed by atoms with E-state index in [1.54, 1.807) is 13.2 Å². The molecule has 1 aromatic heterocycles. The van der Waals surface area contributed by atoms with Gasteiger partial charge in [0.15, 0.2) is 5.69 Å². The Kier molecular flexibility index (Phi) is 4.89. The van der Waals surface area contributed by atoms with Gasteiger partial charge in [-0.1, -0.05) is 13.8 Å². The summed E-state index contributed by atoms with van der Waals surface area (Å²) in [5.41, 5.74) is 7.21. The third-order valence-electron chi connectivity index (χ3n) is 2.49. The van der Waals surface area contributed by atoms with Crippen LogP contribution >= 0.6 is 0 Å². The lowest BCUT2D eigenvalue weighted by atomic mass is 10.1. The van der Waals surface area contributed by atoms with E-state index in [4.69, 9.17) is 5.73 Å². The molecule has 0 aliphatic rings. The van der Waals surface area contributed by atoms with E-state index in [0.29, 0.717) is 11.4 Å². The molecule has 0 saturated heterocycles. The molecule has 0 radical (unpaired) electrons. The fourth-order valence-corrected chi connectivity index (χ4v) is 2.45. The molecule has 0 aromatic carbocycles. The highest BCUT2D eigenvalue weighted by atomic mass is 32.2. The van der Waals surface area contributed by atoms with E-state index in [1.165, 1.54) is 0 Å². The largest absolute Gasteiger partial charge is 0.395 e. The molecular weight excluding hydrogens is 252 g/mol. The molecule has 0 spiro atoms. The van der Waals surface area contributed by atoms with Crippen molar-refractivity contribution in [3.8, 4) is 0 Å². The third kappa shape index (κ3) is 3.56. The fraction of sp³-hybridized carbons (Fsp3) is 0.636. The summed E-state index contributed by atoms with van der Waals surface area (Å²) in [6.07, 6.45) is 1.60. The number of aromatic amines is 1. The lowest BCUT2D eigenvalue weighted by Crippen LogP contribution is -2.36. The van der Waals surface area contributed by atoms with Crippen LogP contribution in [0.15, 0.2) is 0 Å². The Morgan fingerprint density at radius 2 is 2.11 bits per heavy atom. The van der Waals surface area contributed by atoms with Crippen molar-refractivity contribution in [2.24, 2.45) is 0 Å². The molecule has 2 atom stereocenters. The highest BCUT2D eigenvalue weighted by molar-refractivity contribution is 7.84. The summed E-state index contributed by atoms with van der Waals surface area (Å²) in [5.74, 6) is 0.251. The normalized spacial score (nSPS) is 14.5. The van der Waals surface area contributed by atoms with Crippen LogP contribution < -0.4 is 11.1 Å². The van der Waals surface area contributed by atoms with Crippen molar-refractivity contribution in [3.63, 3.8) is 0 Å². The zero-order valence-corrected chi connectivity index (χ0v) is 11.9. The molecule has 1 rings (SSSR count). The Balaban J connectivity index is 2.76. The minimum Gasteiger partial charge on any atom is -0.395 e. The van der Waals surface area contributed by atoms with Crippen LogP contribution in [0.2, 0.25) is 0 Å². The summed E-state index contributed by atoms with van der Waals surface area (Å²) in [4.78, 5) is 11.9. The number of nitrogens with zero attached hydrogens (tertiary/aromatic N) is 1. The van der Waals surface area contributed by atoms with Crippen molar-refractivity contribution >= 4 is 22.4 Å². The number of hydrogen-bond acceptors (Lipinski definition) is 4. The van der Waals surface area contributed by atoms with Gasteiger partial charge in [0.25, 0.3) is 5.91 Å². The highest BCUT2D eigenvalue weighted by Gasteiger charge is 2.20. The quantitative estimate of drug-likeness (QED) is 0.731. The number of rotatable bonds is 5. The van der Waals surface area contributed by atoms with Crippen LogP contribution in [0.25, 0.3) is 0 Å². The average molecular weight is 272 g/mol. The van der Waals surface area contributed by atoms with Gasteiger partial charge >= 0.3 is 0 Å². The van der Waals surface area contributed by atoms with Gasteiger partial charge in [-0.15, -0.1) is 0 Å². The van der Waals surface area contributed by atoms with Crippen molar-refractivity contribution in [3.05, 3.63) is 11.4 Å². The second-order valence-electron chi connectivity index (χ2n) is 4.67. The van der Waals surface area contributed by atoms with Gasteiger partial charge in [-0.25, -0.2) is 0 Å². The standard InChI is InChI=1S/C11H20N4O2S/c1-6(2)9-8(12)10(15-14-9)11(16)13-7(3)5-18(4)17/h6-7H,5,12H2,1-4H3,(H,13,16)(H,14,15). The van der Waals surface area contributed by atoms with Crippen molar-refractivity contribution in [1.29, 1.82) is 0 Å². The molecular formula is C11H20N4O2S. The number of nitrogens with one attached hydrogen (secondary N) is 2. The maximum absolute atomic E-state index is 11.9. The van der Waals surface area contributed by atoms with Crippen molar-refractivity contribution in [2.45, 2.75) is 32.7 Å². The third-order valence-corrected chi connectivity index (χ3v) is 3.46. The van der Waals surface area contributed by atoms with Gasteiger partial charge in [0.05, 0.1) is 11.4 Å². The number of amides is 1. The number of aromatic nitrogens is 2. The molecule has 6 nitrogen and oxygen atoms in total. The SMILES string of the molecule is CC(CS(C)=O)NC(=O)c1n[nH]c(C(C)C)c1N. The molecule has 0 bridgehead atoms. The van der Waals surface area contributed by atoms with E-state index in [0.717, 1.165) is 5.69 Å². The average Bonchev–Trinajstić information content (AvgIpc) is 2.58. The number of nitrogen functional groups attached to an aromatic ring is 1. The Bertz CT molecular complexity index is 456. The molecule has 0 fully saturated rings. The van der Waals surface area contributed by atoms with Crippen LogP contribution in [-0.4, -0.2) is 38.4 Å². The van der Waals surface area contributed by atoms with Gasteiger partial charge < -0.3 is 11.1 Å².